The monoisotopic (exact) mass is 285 g/mol. The van der Waals surface area contributed by atoms with Gasteiger partial charge in [-0.15, -0.1) is 11.3 Å². The zero-order valence-electron chi connectivity index (χ0n) is 10.0. The second-order valence-corrected chi connectivity index (χ2v) is 4.98. The highest BCUT2D eigenvalue weighted by Gasteiger charge is 2.18. The predicted octanol–water partition coefficient (Wildman–Crippen LogP) is 2.86. The highest BCUT2D eigenvalue weighted by molar-refractivity contribution is 7.17. The molecule has 0 N–H and O–H groups in total. The Hall–Kier alpha value is -1.40. The van der Waals surface area contributed by atoms with Gasteiger partial charge in [-0.05, 0) is 6.42 Å². The first-order valence-corrected chi connectivity index (χ1v) is 6.62. The van der Waals surface area contributed by atoms with Gasteiger partial charge in [0, 0.05) is 18.3 Å². The predicted molar refractivity (Wildman–Crippen MR) is 70.0 cm³/mol. The maximum Gasteiger partial charge on any atom is 0.351 e. The van der Waals surface area contributed by atoms with E-state index in [4.69, 9.17) is 11.6 Å². The fourth-order valence-electron chi connectivity index (χ4n) is 1.47. The number of thiazole rings is 1. The molecule has 0 aliphatic carbocycles. The van der Waals surface area contributed by atoms with Crippen LogP contribution in [0.15, 0.2) is 12.4 Å². The summed E-state index contributed by atoms with van der Waals surface area (Å²) < 4.78 is 6.47. The van der Waals surface area contributed by atoms with Crippen molar-refractivity contribution >= 4 is 28.9 Å². The third kappa shape index (κ3) is 2.54. The maximum atomic E-state index is 11.4. The Labute approximate surface area is 113 Å². The van der Waals surface area contributed by atoms with E-state index in [9.17, 15) is 4.79 Å². The number of rotatable bonds is 4. The quantitative estimate of drug-likeness (QED) is 0.811. The van der Waals surface area contributed by atoms with E-state index in [1.807, 2.05) is 10.9 Å². The molecule has 0 unspecified atom stereocenters. The van der Waals surface area contributed by atoms with Crippen LogP contribution in [0.5, 0.6) is 0 Å². The van der Waals surface area contributed by atoms with Crippen molar-refractivity contribution in [2.75, 3.05) is 7.11 Å². The van der Waals surface area contributed by atoms with Gasteiger partial charge in [0.05, 0.1) is 13.3 Å². The summed E-state index contributed by atoms with van der Waals surface area (Å²) in [6, 6.07) is 0. The number of carbonyl (C=O) groups is 1. The molecule has 0 bridgehead atoms. The van der Waals surface area contributed by atoms with Crippen LogP contribution in [-0.2, 0) is 11.3 Å². The van der Waals surface area contributed by atoms with Gasteiger partial charge in [-0.2, -0.15) is 5.10 Å². The normalized spacial score (nSPS) is 10.6. The van der Waals surface area contributed by atoms with Gasteiger partial charge in [-0.3, -0.25) is 4.68 Å². The average molecular weight is 286 g/mol. The third-order valence-corrected chi connectivity index (χ3v) is 3.76. The average Bonchev–Trinajstić information content (AvgIpc) is 2.95. The standard InChI is InChI=1S/C11H12ClN3O2S/c1-3-4-15-6-7(5-13-15)10-14-9(12)8(18-10)11(16)17-2/h5-6H,3-4H2,1-2H3. The van der Waals surface area contributed by atoms with Crippen molar-refractivity contribution in [3.63, 3.8) is 0 Å². The van der Waals surface area contributed by atoms with Gasteiger partial charge in [-0.1, -0.05) is 18.5 Å². The van der Waals surface area contributed by atoms with Crippen molar-refractivity contribution < 1.29 is 9.53 Å². The van der Waals surface area contributed by atoms with E-state index in [-0.39, 0.29) is 5.15 Å². The molecule has 0 amide bonds. The van der Waals surface area contributed by atoms with Crippen LogP contribution in [-0.4, -0.2) is 27.8 Å². The number of nitrogens with zero attached hydrogens (tertiary/aromatic N) is 3. The minimum Gasteiger partial charge on any atom is -0.465 e. The smallest absolute Gasteiger partial charge is 0.351 e. The molecule has 0 fully saturated rings. The van der Waals surface area contributed by atoms with E-state index < -0.39 is 5.97 Å². The molecule has 2 rings (SSSR count). The van der Waals surface area contributed by atoms with Crippen LogP contribution < -0.4 is 0 Å². The molecule has 2 heterocycles. The Balaban J connectivity index is 2.30. The largest absolute Gasteiger partial charge is 0.465 e. The Kier molecular flexibility index (Phi) is 3.98. The van der Waals surface area contributed by atoms with Gasteiger partial charge in [0.15, 0.2) is 10.0 Å². The molecule has 2 aromatic heterocycles. The first-order valence-electron chi connectivity index (χ1n) is 5.43. The van der Waals surface area contributed by atoms with Crippen molar-refractivity contribution in [3.8, 4) is 10.6 Å². The first kappa shape index (κ1) is 13.0. The second-order valence-electron chi connectivity index (χ2n) is 3.62. The Morgan fingerprint density at radius 1 is 1.61 bits per heavy atom. The zero-order valence-corrected chi connectivity index (χ0v) is 11.6. The van der Waals surface area contributed by atoms with Crippen LogP contribution in [0.1, 0.15) is 23.0 Å². The number of hydrogen-bond acceptors (Lipinski definition) is 5. The highest BCUT2D eigenvalue weighted by Crippen LogP contribution is 2.31. The summed E-state index contributed by atoms with van der Waals surface area (Å²) in [6.07, 6.45) is 4.61. The minimum absolute atomic E-state index is 0.171. The number of halogens is 1. The lowest BCUT2D eigenvalue weighted by molar-refractivity contribution is 0.0606. The van der Waals surface area contributed by atoms with Crippen LogP contribution in [0.25, 0.3) is 10.6 Å². The molecule has 0 radical (unpaired) electrons. The number of ether oxygens (including phenoxy) is 1. The van der Waals surface area contributed by atoms with Gasteiger partial charge < -0.3 is 4.74 Å². The van der Waals surface area contributed by atoms with E-state index in [1.165, 1.54) is 18.4 Å². The van der Waals surface area contributed by atoms with E-state index in [1.54, 1.807) is 6.20 Å². The molecule has 0 atom stereocenters. The van der Waals surface area contributed by atoms with Crippen molar-refractivity contribution in [2.45, 2.75) is 19.9 Å². The van der Waals surface area contributed by atoms with E-state index >= 15 is 0 Å². The molecule has 96 valence electrons. The molecule has 7 heteroatoms. The van der Waals surface area contributed by atoms with Crippen LogP contribution in [0.2, 0.25) is 5.15 Å². The molecule has 0 saturated carbocycles. The van der Waals surface area contributed by atoms with E-state index in [2.05, 4.69) is 21.7 Å². The molecular formula is C11H12ClN3O2S. The number of carbonyl (C=O) groups excluding carboxylic acids is 1. The maximum absolute atomic E-state index is 11.4. The van der Waals surface area contributed by atoms with Crippen molar-refractivity contribution in [1.82, 2.24) is 14.8 Å². The molecule has 0 aliphatic rings. The second kappa shape index (κ2) is 5.49. The molecule has 18 heavy (non-hydrogen) atoms. The lowest BCUT2D eigenvalue weighted by Crippen LogP contribution is -1.98. The molecule has 0 aromatic carbocycles. The lowest BCUT2D eigenvalue weighted by atomic mass is 10.4. The summed E-state index contributed by atoms with van der Waals surface area (Å²) in [7, 11) is 1.32. The number of aryl methyl sites for hydroxylation is 1. The Morgan fingerprint density at radius 2 is 2.39 bits per heavy atom. The molecule has 0 aliphatic heterocycles. The van der Waals surface area contributed by atoms with Gasteiger partial charge >= 0.3 is 5.97 Å². The summed E-state index contributed by atoms with van der Waals surface area (Å²) in [6.45, 7) is 2.93. The summed E-state index contributed by atoms with van der Waals surface area (Å²) in [5.41, 5.74) is 0.852. The Bertz CT molecular complexity index is 564. The van der Waals surface area contributed by atoms with E-state index in [0.29, 0.717) is 9.88 Å². The van der Waals surface area contributed by atoms with E-state index in [0.717, 1.165) is 18.5 Å². The number of methoxy groups -OCH3 is 1. The lowest BCUT2D eigenvalue weighted by Gasteiger charge is -1.94. The highest BCUT2D eigenvalue weighted by atomic mass is 35.5. The van der Waals surface area contributed by atoms with Crippen LogP contribution in [0.3, 0.4) is 0 Å². The van der Waals surface area contributed by atoms with Crippen LogP contribution in [0, 0.1) is 0 Å². The number of hydrogen-bond donors (Lipinski definition) is 0. The number of esters is 1. The minimum atomic E-state index is -0.468. The van der Waals surface area contributed by atoms with Crippen molar-refractivity contribution in [1.29, 1.82) is 0 Å². The summed E-state index contributed by atoms with van der Waals surface area (Å²) in [5.74, 6) is -0.468. The van der Waals surface area contributed by atoms with Crippen molar-refractivity contribution in [3.05, 3.63) is 22.4 Å². The molecule has 2 aromatic rings. The zero-order chi connectivity index (χ0) is 13.1. The fraction of sp³-hybridized carbons (Fsp3) is 0.364. The van der Waals surface area contributed by atoms with Gasteiger partial charge in [-0.25, -0.2) is 9.78 Å². The topological polar surface area (TPSA) is 57.0 Å². The Morgan fingerprint density at radius 3 is 3.06 bits per heavy atom. The fourth-order valence-corrected chi connectivity index (χ4v) is 2.65. The summed E-state index contributed by atoms with van der Waals surface area (Å²) in [4.78, 5) is 15.9. The SMILES string of the molecule is CCCn1cc(-c2nc(Cl)c(C(=O)OC)s2)cn1. The molecule has 0 saturated heterocycles. The van der Waals surface area contributed by atoms with Gasteiger partial charge in [0.25, 0.3) is 0 Å². The van der Waals surface area contributed by atoms with Crippen LogP contribution >= 0.6 is 22.9 Å². The molecular weight excluding hydrogens is 274 g/mol. The molecule has 0 spiro atoms. The molecule has 5 nitrogen and oxygen atoms in total. The first-order chi connectivity index (χ1) is 8.65. The van der Waals surface area contributed by atoms with Gasteiger partial charge in [0.2, 0.25) is 0 Å². The van der Waals surface area contributed by atoms with Gasteiger partial charge in [0.1, 0.15) is 5.01 Å². The summed E-state index contributed by atoms with van der Waals surface area (Å²) in [5, 5.41) is 5.05. The number of aromatic nitrogens is 3. The van der Waals surface area contributed by atoms with Crippen molar-refractivity contribution in [2.24, 2.45) is 0 Å². The van der Waals surface area contributed by atoms with Crippen LogP contribution in [0.4, 0.5) is 0 Å². The summed E-state index contributed by atoms with van der Waals surface area (Å²) >= 11 is 7.11. The third-order valence-electron chi connectivity index (χ3n) is 2.29.